The number of carbonyl (C=O) groups excluding carboxylic acids is 1. The van der Waals surface area contributed by atoms with Gasteiger partial charge in [0.05, 0.1) is 12.8 Å². The van der Waals surface area contributed by atoms with Crippen molar-refractivity contribution in [3.63, 3.8) is 0 Å². The SMILES string of the molecule is O=C(c1cccc2ccccc12)N(Cc1ccc2c(c1)OCO2)Cc1ccco1. The molecule has 0 aliphatic carbocycles. The van der Waals surface area contributed by atoms with Crippen LogP contribution in [0, 0.1) is 0 Å². The summed E-state index contributed by atoms with van der Waals surface area (Å²) >= 11 is 0. The van der Waals surface area contributed by atoms with Gasteiger partial charge in [-0.25, -0.2) is 0 Å². The second-order valence-electron chi connectivity index (χ2n) is 6.95. The summed E-state index contributed by atoms with van der Waals surface area (Å²) < 4.78 is 16.4. The van der Waals surface area contributed by atoms with Gasteiger partial charge in [0, 0.05) is 12.1 Å². The van der Waals surface area contributed by atoms with E-state index in [0.29, 0.717) is 24.4 Å². The fraction of sp³-hybridized carbons (Fsp3) is 0.125. The molecule has 5 rings (SSSR count). The summed E-state index contributed by atoms with van der Waals surface area (Å²) in [6, 6.07) is 23.2. The molecule has 1 aliphatic heterocycles. The number of hydrogen-bond acceptors (Lipinski definition) is 4. The van der Waals surface area contributed by atoms with Crippen LogP contribution in [-0.2, 0) is 13.1 Å². The van der Waals surface area contributed by atoms with Gasteiger partial charge in [-0.1, -0.05) is 42.5 Å². The van der Waals surface area contributed by atoms with E-state index in [9.17, 15) is 4.79 Å². The smallest absolute Gasteiger partial charge is 0.255 e. The molecule has 0 N–H and O–H groups in total. The minimum Gasteiger partial charge on any atom is -0.467 e. The average Bonchev–Trinajstić information content (AvgIpc) is 3.44. The lowest BCUT2D eigenvalue weighted by Gasteiger charge is -2.23. The molecular weight excluding hydrogens is 366 g/mol. The number of carbonyl (C=O) groups is 1. The lowest BCUT2D eigenvalue weighted by atomic mass is 10.0. The summed E-state index contributed by atoms with van der Waals surface area (Å²) in [7, 11) is 0. The van der Waals surface area contributed by atoms with Crippen LogP contribution >= 0.6 is 0 Å². The molecule has 29 heavy (non-hydrogen) atoms. The maximum absolute atomic E-state index is 13.6. The molecule has 1 aromatic heterocycles. The van der Waals surface area contributed by atoms with Gasteiger partial charge in [0.1, 0.15) is 5.76 Å². The molecule has 0 radical (unpaired) electrons. The Labute approximate surface area is 168 Å². The normalized spacial score (nSPS) is 12.3. The first-order valence-corrected chi connectivity index (χ1v) is 9.46. The Bertz CT molecular complexity index is 1160. The van der Waals surface area contributed by atoms with Crippen LogP contribution in [0.25, 0.3) is 10.8 Å². The van der Waals surface area contributed by atoms with E-state index < -0.39 is 0 Å². The number of fused-ring (bicyclic) bond motifs is 2. The van der Waals surface area contributed by atoms with E-state index in [1.165, 1.54) is 0 Å². The van der Waals surface area contributed by atoms with Gasteiger partial charge in [0.25, 0.3) is 5.91 Å². The fourth-order valence-corrected chi connectivity index (χ4v) is 3.63. The van der Waals surface area contributed by atoms with Gasteiger partial charge in [0.15, 0.2) is 11.5 Å². The van der Waals surface area contributed by atoms with Crippen molar-refractivity contribution in [1.29, 1.82) is 0 Å². The predicted octanol–water partition coefficient (Wildman–Crippen LogP) is 5.00. The Kier molecular flexibility index (Phi) is 4.41. The third-order valence-corrected chi connectivity index (χ3v) is 5.04. The molecule has 0 bridgehead atoms. The van der Waals surface area contributed by atoms with E-state index in [0.717, 1.165) is 27.8 Å². The Hall–Kier alpha value is -3.73. The van der Waals surface area contributed by atoms with E-state index >= 15 is 0 Å². The number of ether oxygens (including phenoxy) is 2. The van der Waals surface area contributed by atoms with Crippen molar-refractivity contribution >= 4 is 16.7 Å². The first-order chi connectivity index (χ1) is 14.3. The van der Waals surface area contributed by atoms with Crippen molar-refractivity contribution in [3.8, 4) is 11.5 Å². The van der Waals surface area contributed by atoms with Gasteiger partial charge in [-0.15, -0.1) is 0 Å². The summed E-state index contributed by atoms with van der Waals surface area (Å²) in [5.74, 6) is 2.12. The molecule has 2 heterocycles. The van der Waals surface area contributed by atoms with Gasteiger partial charge in [0.2, 0.25) is 6.79 Å². The van der Waals surface area contributed by atoms with Crippen LogP contribution in [0.3, 0.4) is 0 Å². The number of rotatable bonds is 5. The van der Waals surface area contributed by atoms with E-state index in [4.69, 9.17) is 13.9 Å². The summed E-state index contributed by atoms with van der Waals surface area (Å²) in [5.41, 5.74) is 1.64. The molecule has 144 valence electrons. The molecule has 0 saturated carbocycles. The highest BCUT2D eigenvalue weighted by Gasteiger charge is 2.21. The molecule has 0 fully saturated rings. The van der Waals surface area contributed by atoms with E-state index in [1.54, 1.807) is 11.2 Å². The van der Waals surface area contributed by atoms with Crippen molar-refractivity contribution in [2.75, 3.05) is 6.79 Å². The minimum atomic E-state index is -0.0455. The number of benzene rings is 3. The third kappa shape index (κ3) is 3.43. The van der Waals surface area contributed by atoms with Gasteiger partial charge in [-0.05, 0) is 46.7 Å². The Morgan fingerprint density at radius 2 is 1.72 bits per heavy atom. The van der Waals surface area contributed by atoms with Crippen LogP contribution in [0.5, 0.6) is 11.5 Å². The second-order valence-corrected chi connectivity index (χ2v) is 6.95. The molecule has 5 heteroatoms. The highest BCUT2D eigenvalue weighted by molar-refractivity contribution is 6.06. The summed E-state index contributed by atoms with van der Waals surface area (Å²) in [4.78, 5) is 15.3. The quantitative estimate of drug-likeness (QED) is 0.485. The van der Waals surface area contributed by atoms with Crippen molar-refractivity contribution in [2.45, 2.75) is 13.1 Å². The molecule has 1 amide bonds. The summed E-state index contributed by atoms with van der Waals surface area (Å²) in [5, 5.41) is 1.98. The molecule has 0 atom stereocenters. The first kappa shape index (κ1) is 17.4. The zero-order chi connectivity index (χ0) is 19.6. The van der Waals surface area contributed by atoms with Crippen molar-refractivity contribution in [1.82, 2.24) is 4.90 Å². The molecular formula is C24H19NO4. The monoisotopic (exact) mass is 385 g/mol. The third-order valence-electron chi connectivity index (χ3n) is 5.04. The zero-order valence-electron chi connectivity index (χ0n) is 15.7. The molecule has 1 aliphatic rings. The zero-order valence-corrected chi connectivity index (χ0v) is 15.7. The average molecular weight is 385 g/mol. The molecule has 4 aromatic rings. The summed E-state index contributed by atoms with van der Waals surface area (Å²) in [6.07, 6.45) is 1.62. The van der Waals surface area contributed by atoms with E-state index in [1.807, 2.05) is 72.8 Å². The van der Waals surface area contributed by atoms with Gasteiger partial charge in [-0.2, -0.15) is 0 Å². The minimum absolute atomic E-state index is 0.0455. The van der Waals surface area contributed by atoms with Crippen LogP contribution in [0.2, 0.25) is 0 Å². The van der Waals surface area contributed by atoms with Crippen LogP contribution in [-0.4, -0.2) is 17.6 Å². The predicted molar refractivity (Wildman–Crippen MR) is 109 cm³/mol. The number of furan rings is 1. The second kappa shape index (κ2) is 7.36. The van der Waals surface area contributed by atoms with Gasteiger partial charge < -0.3 is 18.8 Å². The molecule has 0 unspecified atom stereocenters. The van der Waals surface area contributed by atoms with Crippen molar-refractivity contribution < 1.29 is 18.7 Å². The Balaban J connectivity index is 1.50. The molecule has 0 spiro atoms. The topological polar surface area (TPSA) is 51.9 Å². The lowest BCUT2D eigenvalue weighted by molar-refractivity contribution is 0.0719. The van der Waals surface area contributed by atoms with Crippen molar-refractivity contribution in [3.05, 3.63) is 95.9 Å². The largest absolute Gasteiger partial charge is 0.467 e. The molecule has 0 saturated heterocycles. The van der Waals surface area contributed by atoms with Crippen LogP contribution in [0.15, 0.2) is 83.5 Å². The highest BCUT2D eigenvalue weighted by Crippen LogP contribution is 2.33. The first-order valence-electron chi connectivity index (χ1n) is 9.46. The van der Waals surface area contributed by atoms with Gasteiger partial charge in [-0.3, -0.25) is 4.79 Å². The highest BCUT2D eigenvalue weighted by atomic mass is 16.7. The summed E-state index contributed by atoms with van der Waals surface area (Å²) in [6.45, 7) is 1.03. The maximum Gasteiger partial charge on any atom is 0.255 e. The number of hydrogen-bond donors (Lipinski definition) is 0. The van der Waals surface area contributed by atoms with E-state index in [-0.39, 0.29) is 12.7 Å². The number of nitrogens with zero attached hydrogens (tertiary/aromatic N) is 1. The number of amides is 1. The van der Waals surface area contributed by atoms with Gasteiger partial charge >= 0.3 is 0 Å². The van der Waals surface area contributed by atoms with Crippen LogP contribution in [0.4, 0.5) is 0 Å². The standard InChI is InChI=1S/C24H19NO4/c26-24(21-9-3-6-18-5-1-2-8-20(18)21)25(15-19-7-4-12-27-19)14-17-10-11-22-23(13-17)29-16-28-22/h1-13H,14-16H2. The molecule has 3 aromatic carbocycles. The fourth-order valence-electron chi connectivity index (χ4n) is 3.63. The maximum atomic E-state index is 13.6. The lowest BCUT2D eigenvalue weighted by Crippen LogP contribution is -2.30. The Morgan fingerprint density at radius 3 is 2.62 bits per heavy atom. The molecule has 5 nitrogen and oxygen atoms in total. The Morgan fingerprint density at radius 1 is 0.862 bits per heavy atom. The van der Waals surface area contributed by atoms with E-state index in [2.05, 4.69) is 0 Å². The van der Waals surface area contributed by atoms with Crippen LogP contribution < -0.4 is 9.47 Å². The van der Waals surface area contributed by atoms with Crippen molar-refractivity contribution in [2.24, 2.45) is 0 Å². The van der Waals surface area contributed by atoms with Crippen LogP contribution in [0.1, 0.15) is 21.7 Å².